The van der Waals surface area contributed by atoms with Gasteiger partial charge in [-0.2, -0.15) is 0 Å². The summed E-state index contributed by atoms with van der Waals surface area (Å²) in [5, 5.41) is 9.50. The van der Waals surface area contributed by atoms with E-state index in [0.717, 1.165) is 0 Å². The molecule has 3 nitrogen and oxygen atoms in total. The molecule has 1 rings (SSSR count). The van der Waals surface area contributed by atoms with E-state index < -0.39 is 0 Å². The zero-order valence-electron chi connectivity index (χ0n) is 9.20. The summed E-state index contributed by atoms with van der Waals surface area (Å²) in [6.45, 7) is 3.99. The highest BCUT2D eigenvalue weighted by atomic mass is 35.5. The van der Waals surface area contributed by atoms with Gasteiger partial charge in [0.2, 0.25) is 0 Å². The molecule has 0 aliphatic heterocycles. The van der Waals surface area contributed by atoms with Gasteiger partial charge in [0.15, 0.2) is 0 Å². The van der Waals surface area contributed by atoms with E-state index in [4.69, 9.17) is 28.3 Å². The van der Waals surface area contributed by atoms with E-state index >= 15 is 0 Å². The molecule has 0 radical (unpaired) electrons. The number of hydrogen-bond donors (Lipinski definition) is 1. The molecule has 1 amide bonds. The van der Waals surface area contributed by atoms with Gasteiger partial charge < -0.3 is 10.0 Å². The lowest BCUT2D eigenvalue weighted by Gasteiger charge is -2.21. The highest BCUT2D eigenvalue weighted by Gasteiger charge is 2.19. The largest absolute Gasteiger partial charge is 0.395 e. The van der Waals surface area contributed by atoms with Crippen LogP contribution in [0.1, 0.15) is 10.4 Å². The number of amides is 1. The van der Waals surface area contributed by atoms with Crippen LogP contribution in [0.4, 0.5) is 0 Å². The first-order chi connectivity index (χ1) is 8.11. The van der Waals surface area contributed by atoms with E-state index in [-0.39, 0.29) is 24.6 Å². The normalized spacial score (nSPS) is 10.1. The van der Waals surface area contributed by atoms with E-state index in [1.807, 2.05) is 0 Å². The lowest BCUT2D eigenvalue weighted by molar-refractivity contribution is 0.0743. The quantitative estimate of drug-likeness (QED) is 0.838. The SMILES string of the molecule is C=CCN(CCO)C(=O)c1c(Cl)cccc1Cl. The Morgan fingerprint density at radius 3 is 2.47 bits per heavy atom. The van der Waals surface area contributed by atoms with Crippen LogP contribution >= 0.6 is 23.2 Å². The number of carbonyl (C=O) groups excluding carboxylic acids is 1. The summed E-state index contributed by atoms with van der Waals surface area (Å²) < 4.78 is 0. The van der Waals surface area contributed by atoms with Crippen molar-refractivity contribution in [1.82, 2.24) is 4.90 Å². The Morgan fingerprint density at radius 1 is 1.41 bits per heavy atom. The summed E-state index contributed by atoms with van der Waals surface area (Å²) in [4.78, 5) is 13.6. The van der Waals surface area contributed by atoms with Gasteiger partial charge in [-0.1, -0.05) is 35.3 Å². The maximum absolute atomic E-state index is 12.2. The van der Waals surface area contributed by atoms with Crippen molar-refractivity contribution in [2.24, 2.45) is 0 Å². The number of benzene rings is 1. The van der Waals surface area contributed by atoms with Crippen LogP contribution < -0.4 is 0 Å². The average molecular weight is 274 g/mol. The number of aliphatic hydroxyl groups is 1. The number of halogens is 2. The molecular weight excluding hydrogens is 261 g/mol. The van der Waals surface area contributed by atoms with Crippen molar-refractivity contribution in [3.63, 3.8) is 0 Å². The molecule has 1 aromatic carbocycles. The molecule has 0 aromatic heterocycles. The van der Waals surface area contributed by atoms with Crippen LogP contribution in [0.5, 0.6) is 0 Å². The standard InChI is InChI=1S/C12H13Cl2NO2/c1-2-6-15(7-8-16)12(17)11-9(13)4-3-5-10(11)14/h2-5,16H,1,6-8H2. The first-order valence-electron chi connectivity index (χ1n) is 5.06. The Morgan fingerprint density at radius 2 is 2.00 bits per heavy atom. The fraction of sp³-hybridized carbons (Fsp3) is 0.250. The lowest BCUT2D eigenvalue weighted by atomic mass is 10.2. The first-order valence-corrected chi connectivity index (χ1v) is 5.82. The van der Waals surface area contributed by atoms with Crippen LogP contribution in [0.25, 0.3) is 0 Å². The van der Waals surface area contributed by atoms with Gasteiger partial charge >= 0.3 is 0 Å². The van der Waals surface area contributed by atoms with Gasteiger partial charge in [0.1, 0.15) is 0 Å². The van der Waals surface area contributed by atoms with E-state index in [1.165, 1.54) is 4.90 Å². The molecule has 0 unspecified atom stereocenters. The molecule has 0 heterocycles. The molecule has 0 fully saturated rings. The van der Waals surface area contributed by atoms with E-state index in [0.29, 0.717) is 16.6 Å². The third-order valence-corrected chi connectivity index (χ3v) is 2.81. The van der Waals surface area contributed by atoms with Gasteiger partial charge in [-0.15, -0.1) is 6.58 Å². The van der Waals surface area contributed by atoms with Crippen molar-refractivity contribution in [1.29, 1.82) is 0 Å². The maximum atomic E-state index is 12.2. The molecule has 1 aromatic rings. The van der Waals surface area contributed by atoms with Crippen molar-refractivity contribution in [2.45, 2.75) is 0 Å². The van der Waals surface area contributed by atoms with Crippen LogP contribution in [0.2, 0.25) is 10.0 Å². The van der Waals surface area contributed by atoms with Crippen molar-refractivity contribution >= 4 is 29.1 Å². The van der Waals surface area contributed by atoms with Gasteiger partial charge in [0, 0.05) is 13.1 Å². The fourth-order valence-electron chi connectivity index (χ4n) is 1.41. The Balaban J connectivity index is 3.04. The highest BCUT2D eigenvalue weighted by Crippen LogP contribution is 2.25. The zero-order chi connectivity index (χ0) is 12.8. The zero-order valence-corrected chi connectivity index (χ0v) is 10.7. The van der Waals surface area contributed by atoms with E-state index in [2.05, 4.69) is 6.58 Å². The van der Waals surface area contributed by atoms with Crippen molar-refractivity contribution in [3.05, 3.63) is 46.5 Å². The van der Waals surface area contributed by atoms with E-state index in [1.54, 1.807) is 24.3 Å². The third kappa shape index (κ3) is 3.46. The molecule has 17 heavy (non-hydrogen) atoms. The summed E-state index contributed by atoms with van der Waals surface area (Å²) in [7, 11) is 0. The molecule has 5 heteroatoms. The smallest absolute Gasteiger partial charge is 0.257 e. The second kappa shape index (κ2) is 6.64. The van der Waals surface area contributed by atoms with Gasteiger partial charge in [-0.25, -0.2) is 0 Å². The summed E-state index contributed by atoms with van der Waals surface area (Å²) >= 11 is 11.9. The topological polar surface area (TPSA) is 40.5 Å². The molecule has 0 aliphatic carbocycles. The van der Waals surface area contributed by atoms with Crippen LogP contribution in [0.15, 0.2) is 30.9 Å². The number of hydrogen-bond acceptors (Lipinski definition) is 2. The van der Waals surface area contributed by atoms with Gasteiger partial charge in [0.05, 0.1) is 22.2 Å². The molecule has 0 spiro atoms. The Kier molecular flexibility index (Phi) is 5.48. The van der Waals surface area contributed by atoms with Gasteiger partial charge in [-0.05, 0) is 12.1 Å². The summed E-state index contributed by atoms with van der Waals surface area (Å²) in [5.74, 6) is -0.311. The Hall–Kier alpha value is -1.03. The molecular formula is C12H13Cl2NO2. The van der Waals surface area contributed by atoms with Crippen LogP contribution in [0, 0.1) is 0 Å². The first kappa shape index (κ1) is 14.0. The third-order valence-electron chi connectivity index (χ3n) is 2.18. The minimum absolute atomic E-state index is 0.123. The lowest BCUT2D eigenvalue weighted by Crippen LogP contribution is -2.34. The molecule has 92 valence electrons. The number of carbonyl (C=O) groups is 1. The maximum Gasteiger partial charge on any atom is 0.257 e. The highest BCUT2D eigenvalue weighted by molar-refractivity contribution is 6.39. The minimum atomic E-state index is -0.311. The van der Waals surface area contributed by atoms with Crippen LogP contribution in [0.3, 0.4) is 0 Å². The second-order valence-corrected chi connectivity index (χ2v) is 4.17. The number of rotatable bonds is 5. The number of aliphatic hydroxyl groups excluding tert-OH is 1. The van der Waals surface area contributed by atoms with Crippen molar-refractivity contribution < 1.29 is 9.90 Å². The molecule has 0 bridgehead atoms. The Bertz CT molecular complexity index is 401. The van der Waals surface area contributed by atoms with Gasteiger partial charge in [-0.3, -0.25) is 4.79 Å². The molecule has 0 atom stereocenters. The fourth-order valence-corrected chi connectivity index (χ4v) is 1.97. The minimum Gasteiger partial charge on any atom is -0.395 e. The summed E-state index contributed by atoms with van der Waals surface area (Å²) in [5.41, 5.74) is 0.256. The molecule has 1 N–H and O–H groups in total. The van der Waals surface area contributed by atoms with Crippen LogP contribution in [-0.2, 0) is 0 Å². The number of nitrogens with zero attached hydrogens (tertiary/aromatic N) is 1. The van der Waals surface area contributed by atoms with Crippen molar-refractivity contribution in [2.75, 3.05) is 19.7 Å². The van der Waals surface area contributed by atoms with Crippen molar-refractivity contribution in [3.8, 4) is 0 Å². The van der Waals surface area contributed by atoms with E-state index in [9.17, 15) is 4.79 Å². The predicted molar refractivity (Wildman–Crippen MR) is 69.6 cm³/mol. The van der Waals surface area contributed by atoms with Crippen LogP contribution in [-0.4, -0.2) is 35.6 Å². The monoisotopic (exact) mass is 273 g/mol. The molecule has 0 saturated carbocycles. The molecule has 0 aliphatic rings. The average Bonchev–Trinajstić information content (AvgIpc) is 2.28. The summed E-state index contributed by atoms with van der Waals surface area (Å²) in [6, 6.07) is 4.88. The summed E-state index contributed by atoms with van der Waals surface area (Å²) in [6.07, 6.45) is 1.58. The molecule has 0 saturated heterocycles. The second-order valence-electron chi connectivity index (χ2n) is 3.36. The predicted octanol–water partition coefficient (Wildman–Crippen LogP) is 2.61. The van der Waals surface area contributed by atoms with Gasteiger partial charge in [0.25, 0.3) is 5.91 Å². The Labute approximate surface area is 110 Å².